The highest BCUT2D eigenvalue weighted by atomic mass is 32.2. The van der Waals surface area contributed by atoms with Gasteiger partial charge in [-0.3, -0.25) is 14.2 Å². The lowest BCUT2D eigenvalue weighted by atomic mass is 9.62. The van der Waals surface area contributed by atoms with E-state index in [0.717, 1.165) is 54.5 Å². The molecule has 34 heavy (non-hydrogen) atoms. The lowest BCUT2D eigenvalue weighted by Gasteiger charge is -2.42. The highest BCUT2D eigenvalue weighted by Gasteiger charge is 2.43. The number of esters is 1. The minimum Gasteiger partial charge on any atom is -0.465 e. The average molecular weight is 475 g/mol. The molecular formula is C28H30N2O3S. The van der Waals surface area contributed by atoms with Gasteiger partial charge in [-0.15, -0.1) is 0 Å². The first-order chi connectivity index (χ1) is 16.6. The molecule has 0 bridgehead atoms. The Balaban J connectivity index is 1.67. The minimum atomic E-state index is -0.401. The maximum absolute atomic E-state index is 14.2. The van der Waals surface area contributed by atoms with Crippen LogP contribution in [0.15, 0.2) is 64.5 Å². The van der Waals surface area contributed by atoms with Gasteiger partial charge in [0.15, 0.2) is 5.16 Å². The van der Waals surface area contributed by atoms with Crippen LogP contribution in [0.3, 0.4) is 0 Å². The predicted octanol–water partition coefficient (Wildman–Crippen LogP) is 5.52. The fourth-order valence-corrected chi connectivity index (χ4v) is 6.48. The van der Waals surface area contributed by atoms with Crippen LogP contribution < -0.4 is 5.56 Å². The van der Waals surface area contributed by atoms with Crippen molar-refractivity contribution in [3.63, 3.8) is 0 Å². The summed E-state index contributed by atoms with van der Waals surface area (Å²) in [6, 6.07) is 18.5. The van der Waals surface area contributed by atoms with Crippen LogP contribution in [0.4, 0.5) is 0 Å². The number of ether oxygens (including phenoxy) is 1. The normalized spacial score (nSPS) is 16.0. The summed E-state index contributed by atoms with van der Waals surface area (Å²) in [7, 11) is 0. The van der Waals surface area contributed by atoms with Gasteiger partial charge in [-0.05, 0) is 37.3 Å². The van der Waals surface area contributed by atoms with Crippen LogP contribution in [0.2, 0.25) is 0 Å². The summed E-state index contributed by atoms with van der Waals surface area (Å²) in [6.07, 6.45) is 6.27. The van der Waals surface area contributed by atoms with Crippen molar-refractivity contribution in [3.8, 4) is 11.3 Å². The average Bonchev–Trinajstić information content (AvgIpc) is 2.86. The van der Waals surface area contributed by atoms with E-state index in [0.29, 0.717) is 10.9 Å². The van der Waals surface area contributed by atoms with Gasteiger partial charge in [0, 0.05) is 16.7 Å². The van der Waals surface area contributed by atoms with Crippen molar-refractivity contribution >= 4 is 17.7 Å². The maximum Gasteiger partial charge on any atom is 0.326 e. The molecule has 176 valence electrons. The van der Waals surface area contributed by atoms with Crippen LogP contribution in [-0.4, -0.2) is 22.1 Å². The van der Waals surface area contributed by atoms with E-state index in [1.807, 2.05) is 24.3 Å². The summed E-state index contributed by atoms with van der Waals surface area (Å²) in [4.78, 5) is 31.8. The number of benzene rings is 2. The predicted molar refractivity (Wildman–Crippen MR) is 135 cm³/mol. The van der Waals surface area contributed by atoms with E-state index in [2.05, 4.69) is 30.3 Å². The Labute approximate surface area is 204 Å². The molecule has 1 heterocycles. The number of carbonyl (C=O) groups excluding carboxylic acids is 1. The van der Waals surface area contributed by atoms with Gasteiger partial charge in [-0.1, -0.05) is 85.6 Å². The summed E-state index contributed by atoms with van der Waals surface area (Å²) < 4.78 is 6.78. The standard InChI is InChI=1S/C28H30N2O3S/c1-2-33-23(31)18-30-26(32)24-25(29-27(30)34-19-20-11-5-3-6-12-20)22-14-8-7-13-21(22)17-28(24)15-9-4-10-16-28/h3,5-8,11-14H,2,4,9-10,15-19H2,1H3. The van der Waals surface area contributed by atoms with E-state index in [1.54, 1.807) is 11.5 Å². The van der Waals surface area contributed by atoms with Crippen LogP contribution >= 0.6 is 11.8 Å². The molecule has 1 fully saturated rings. The zero-order valence-electron chi connectivity index (χ0n) is 19.6. The van der Waals surface area contributed by atoms with Crippen molar-refractivity contribution < 1.29 is 9.53 Å². The number of carbonyl (C=O) groups is 1. The fraction of sp³-hybridized carbons (Fsp3) is 0.393. The smallest absolute Gasteiger partial charge is 0.326 e. The lowest BCUT2D eigenvalue weighted by molar-refractivity contribution is -0.144. The summed E-state index contributed by atoms with van der Waals surface area (Å²) in [5.41, 5.74) is 4.80. The Hall–Kier alpha value is -2.86. The first-order valence-corrected chi connectivity index (χ1v) is 13.2. The van der Waals surface area contributed by atoms with Gasteiger partial charge in [0.1, 0.15) is 6.54 Å². The molecule has 2 aliphatic carbocycles. The topological polar surface area (TPSA) is 61.2 Å². The summed E-state index contributed by atoms with van der Waals surface area (Å²) in [6.45, 7) is 1.96. The molecule has 5 rings (SSSR count). The van der Waals surface area contributed by atoms with E-state index < -0.39 is 5.97 Å². The second-order valence-electron chi connectivity index (χ2n) is 9.26. The van der Waals surface area contributed by atoms with Crippen LogP contribution in [0, 0.1) is 0 Å². The van der Waals surface area contributed by atoms with Crippen molar-refractivity contribution in [3.05, 3.63) is 81.6 Å². The molecule has 1 saturated carbocycles. The van der Waals surface area contributed by atoms with Gasteiger partial charge < -0.3 is 4.74 Å². The van der Waals surface area contributed by atoms with Crippen molar-refractivity contribution in [1.29, 1.82) is 0 Å². The number of nitrogens with zero attached hydrogens (tertiary/aromatic N) is 2. The molecule has 0 saturated heterocycles. The Bertz CT molecular complexity index is 1250. The van der Waals surface area contributed by atoms with Crippen LogP contribution in [0.5, 0.6) is 0 Å². The highest BCUT2D eigenvalue weighted by Crippen LogP contribution is 2.48. The third kappa shape index (κ3) is 4.31. The van der Waals surface area contributed by atoms with Gasteiger partial charge >= 0.3 is 5.97 Å². The zero-order chi connectivity index (χ0) is 23.5. The molecule has 6 heteroatoms. The Morgan fingerprint density at radius 1 is 1.06 bits per heavy atom. The third-order valence-electron chi connectivity index (χ3n) is 7.08. The van der Waals surface area contributed by atoms with E-state index in [1.165, 1.54) is 23.7 Å². The molecule has 0 aliphatic heterocycles. The molecule has 1 aromatic heterocycles. The molecule has 0 amide bonds. The molecular weight excluding hydrogens is 444 g/mol. The number of thioether (sulfide) groups is 1. The quantitative estimate of drug-likeness (QED) is 0.267. The molecule has 2 aliphatic rings. The number of hydrogen-bond acceptors (Lipinski definition) is 5. The van der Waals surface area contributed by atoms with Crippen molar-refractivity contribution in [2.75, 3.05) is 6.61 Å². The first-order valence-electron chi connectivity index (χ1n) is 12.2. The van der Waals surface area contributed by atoms with Crippen LogP contribution in [-0.2, 0) is 33.7 Å². The van der Waals surface area contributed by atoms with Crippen molar-refractivity contribution in [2.45, 2.75) is 68.3 Å². The summed E-state index contributed by atoms with van der Waals surface area (Å²) >= 11 is 1.50. The fourth-order valence-electron chi connectivity index (χ4n) is 5.53. The van der Waals surface area contributed by atoms with Gasteiger partial charge in [0.25, 0.3) is 5.56 Å². The first kappa shape index (κ1) is 22.9. The number of aromatic nitrogens is 2. The monoisotopic (exact) mass is 474 g/mol. The Morgan fingerprint density at radius 2 is 1.79 bits per heavy atom. The molecule has 0 unspecified atom stereocenters. The van der Waals surface area contributed by atoms with E-state index in [9.17, 15) is 9.59 Å². The molecule has 0 N–H and O–H groups in total. The van der Waals surface area contributed by atoms with Gasteiger partial charge in [0.2, 0.25) is 0 Å². The molecule has 0 atom stereocenters. The minimum absolute atomic E-state index is 0.0787. The highest BCUT2D eigenvalue weighted by molar-refractivity contribution is 7.98. The lowest BCUT2D eigenvalue weighted by Crippen LogP contribution is -2.43. The third-order valence-corrected chi connectivity index (χ3v) is 8.13. The summed E-state index contributed by atoms with van der Waals surface area (Å²) in [5, 5.41) is 0.573. The zero-order valence-corrected chi connectivity index (χ0v) is 20.4. The summed E-state index contributed by atoms with van der Waals surface area (Å²) in [5.74, 6) is 0.267. The second-order valence-corrected chi connectivity index (χ2v) is 10.2. The van der Waals surface area contributed by atoms with E-state index in [4.69, 9.17) is 9.72 Å². The molecule has 3 aromatic rings. The van der Waals surface area contributed by atoms with Crippen molar-refractivity contribution in [1.82, 2.24) is 9.55 Å². The number of rotatable bonds is 6. The van der Waals surface area contributed by atoms with Gasteiger partial charge in [0.05, 0.1) is 17.9 Å². The number of fused-ring (bicyclic) bond motifs is 4. The van der Waals surface area contributed by atoms with E-state index >= 15 is 0 Å². The van der Waals surface area contributed by atoms with Gasteiger partial charge in [-0.25, -0.2) is 4.98 Å². The molecule has 0 radical (unpaired) electrons. The number of hydrogen-bond donors (Lipinski definition) is 0. The Kier molecular flexibility index (Phi) is 6.59. The van der Waals surface area contributed by atoms with Crippen molar-refractivity contribution in [2.24, 2.45) is 0 Å². The van der Waals surface area contributed by atoms with Crippen LogP contribution in [0.25, 0.3) is 11.3 Å². The van der Waals surface area contributed by atoms with Gasteiger partial charge in [-0.2, -0.15) is 0 Å². The van der Waals surface area contributed by atoms with Crippen LogP contribution in [0.1, 0.15) is 55.7 Å². The SMILES string of the molecule is CCOC(=O)Cn1c(SCc2ccccc2)nc2c(c1=O)C1(CCCCC1)Cc1ccccc1-2. The molecule has 5 nitrogen and oxygen atoms in total. The largest absolute Gasteiger partial charge is 0.465 e. The van der Waals surface area contributed by atoms with E-state index in [-0.39, 0.29) is 24.1 Å². The molecule has 1 spiro atoms. The Morgan fingerprint density at radius 3 is 2.56 bits per heavy atom. The molecule has 2 aromatic carbocycles. The maximum atomic E-state index is 14.2. The second kappa shape index (κ2) is 9.79.